The van der Waals surface area contributed by atoms with Gasteiger partial charge in [-0.3, -0.25) is 0 Å². The first kappa shape index (κ1) is 23.9. The molecule has 0 aliphatic heterocycles. The molecule has 0 spiro atoms. The van der Waals surface area contributed by atoms with E-state index in [4.69, 9.17) is 0 Å². The van der Waals surface area contributed by atoms with Crippen molar-refractivity contribution in [3.63, 3.8) is 0 Å². The third kappa shape index (κ3) is 3.54. The van der Waals surface area contributed by atoms with Gasteiger partial charge in [0.2, 0.25) is 0 Å². The van der Waals surface area contributed by atoms with Crippen molar-refractivity contribution in [1.29, 1.82) is 0 Å². The van der Waals surface area contributed by atoms with Gasteiger partial charge in [-0.1, -0.05) is 153 Å². The van der Waals surface area contributed by atoms with Crippen molar-refractivity contribution in [2.45, 2.75) is 19.3 Å². The summed E-state index contributed by atoms with van der Waals surface area (Å²) in [6.07, 6.45) is 0. The van der Waals surface area contributed by atoms with Crippen LogP contribution in [0, 0.1) is 0 Å². The maximum absolute atomic E-state index is 2.47. The molecular weight excluding hydrogens is 492 g/mol. The molecule has 0 atom stereocenters. The van der Waals surface area contributed by atoms with Crippen molar-refractivity contribution in [2.75, 3.05) is 0 Å². The molecule has 0 bridgehead atoms. The average Bonchev–Trinajstić information content (AvgIpc) is 3.26. The lowest BCUT2D eigenvalue weighted by molar-refractivity contribution is 0.660. The first-order valence-corrected chi connectivity index (χ1v) is 14.5. The summed E-state index contributed by atoms with van der Waals surface area (Å²) in [5, 5.41) is 5.17. The Morgan fingerprint density at radius 1 is 0.366 bits per heavy atom. The van der Waals surface area contributed by atoms with Gasteiger partial charge in [-0.05, 0) is 83.2 Å². The molecule has 0 radical (unpaired) electrons. The maximum atomic E-state index is 2.47. The summed E-state index contributed by atoms with van der Waals surface area (Å²) in [5.41, 5.74) is 13.1. The Labute approximate surface area is 241 Å². The van der Waals surface area contributed by atoms with E-state index in [0.717, 1.165) is 0 Å². The molecule has 0 saturated carbocycles. The lowest BCUT2D eigenvalue weighted by Crippen LogP contribution is -2.14. The summed E-state index contributed by atoms with van der Waals surface area (Å²) in [5.74, 6) is 0. The highest BCUT2D eigenvalue weighted by atomic mass is 14.4. The number of benzene rings is 7. The van der Waals surface area contributed by atoms with E-state index in [0.29, 0.717) is 0 Å². The second kappa shape index (κ2) is 9.04. The number of rotatable bonds is 3. The van der Waals surface area contributed by atoms with Crippen LogP contribution < -0.4 is 0 Å². The van der Waals surface area contributed by atoms with Crippen LogP contribution in [0.4, 0.5) is 0 Å². The topological polar surface area (TPSA) is 0 Å². The summed E-state index contributed by atoms with van der Waals surface area (Å²) in [6, 6.07) is 53.6. The predicted octanol–water partition coefficient (Wildman–Crippen LogP) is 11.3. The molecule has 8 rings (SSSR count). The molecule has 1 aliphatic carbocycles. The zero-order valence-electron chi connectivity index (χ0n) is 23.4. The smallest absolute Gasteiger partial charge is 0.0159 e. The Kier molecular flexibility index (Phi) is 5.27. The third-order valence-corrected chi connectivity index (χ3v) is 9.07. The number of hydrogen-bond donors (Lipinski definition) is 0. The molecule has 1 aliphatic rings. The Hall–Kier alpha value is -4.94. The molecule has 41 heavy (non-hydrogen) atoms. The van der Waals surface area contributed by atoms with Gasteiger partial charge in [-0.25, -0.2) is 0 Å². The normalized spacial score (nSPS) is 13.3. The molecule has 0 amide bonds. The number of hydrogen-bond acceptors (Lipinski definition) is 0. The zero-order chi connectivity index (χ0) is 27.6. The van der Waals surface area contributed by atoms with Gasteiger partial charge in [-0.2, -0.15) is 0 Å². The molecule has 0 saturated heterocycles. The summed E-state index contributed by atoms with van der Waals surface area (Å²) in [6.45, 7) is 4.73. The Morgan fingerprint density at radius 3 is 1.68 bits per heavy atom. The minimum absolute atomic E-state index is 0.0489. The average molecular weight is 523 g/mol. The summed E-state index contributed by atoms with van der Waals surface area (Å²) in [7, 11) is 0. The first-order valence-electron chi connectivity index (χ1n) is 14.5. The fraction of sp³-hybridized carbons (Fsp3) is 0.0732. The molecule has 0 fully saturated rings. The summed E-state index contributed by atoms with van der Waals surface area (Å²) >= 11 is 0. The maximum Gasteiger partial charge on any atom is 0.0159 e. The monoisotopic (exact) mass is 522 g/mol. The Morgan fingerprint density at radius 2 is 0.927 bits per heavy atom. The van der Waals surface area contributed by atoms with Crippen LogP contribution in [-0.4, -0.2) is 0 Å². The largest absolute Gasteiger partial charge is 0.0622 e. The van der Waals surface area contributed by atoms with Crippen LogP contribution in [0.2, 0.25) is 0 Å². The lowest BCUT2D eigenvalue weighted by atomic mass is 9.80. The van der Waals surface area contributed by atoms with Crippen molar-refractivity contribution in [3.8, 4) is 44.5 Å². The minimum Gasteiger partial charge on any atom is -0.0622 e. The fourth-order valence-electron chi connectivity index (χ4n) is 7.16. The van der Waals surface area contributed by atoms with E-state index in [2.05, 4.69) is 159 Å². The first-order chi connectivity index (χ1) is 20.1. The second-order valence-corrected chi connectivity index (χ2v) is 11.7. The molecule has 194 valence electrons. The van der Waals surface area contributed by atoms with Crippen LogP contribution in [0.15, 0.2) is 146 Å². The quantitative estimate of drug-likeness (QED) is 0.202. The lowest BCUT2D eigenvalue weighted by Gasteiger charge is -2.23. The Balaban J connectivity index is 1.51. The molecule has 0 N–H and O–H groups in total. The van der Waals surface area contributed by atoms with Crippen molar-refractivity contribution in [3.05, 3.63) is 157 Å². The van der Waals surface area contributed by atoms with E-state index in [1.54, 1.807) is 0 Å². The molecule has 7 aromatic carbocycles. The molecular formula is C41H30. The van der Waals surface area contributed by atoms with Crippen molar-refractivity contribution < 1.29 is 0 Å². The molecule has 0 nitrogen and oxygen atoms in total. The van der Waals surface area contributed by atoms with Gasteiger partial charge in [0.15, 0.2) is 0 Å². The highest BCUT2D eigenvalue weighted by Gasteiger charge is 2.35. The van der Waals surface area contributed by atoms with E-state index in [-0.39, 0.29) is 5.41 Å². The molecule has 0 heterocycles. The zero-order valence-corrected chi connectivity index (χ0v) is 23.4. The van der Waals surface area contributed by atoms with Gasteiger partial charge in [-0.15, -0.1) is 0 Å². The second-order valence-electron chi connectivity index (χ2n) is 11.7. The molecule has 0 heteroatoms. The summed E-state index contributed by atoms with van der Waals surface area (Å²) < 4.78 is 0. The minimum atomic E-state index is -0.0489. The van der Waals surface area contributed by atoms with Crippen LogP contribution in [0.1, 0.15) is 25.0 Å². The fourth-order valence-corrected chi connectivity index (χ4v) is 7.16. The highest BCUT2D eigenvalue weighted by Crippen LogP contribution is 2.52. The predicted molar refractivity (Wildman–Crippen MR) is 175 cm³/mol. The van der Waals surface area contributed by atoms with Crippen LogP contribution in [0.25, 0.3) is 66.1 Å². The van der Waals surface area contributed by atoms with E-state index in [1.807, 2.05) is 0 Å². The third-order valence-electron chi connectivity index (χ3n) is 9.07. The van der Waals surface area contributed by atoms with E-state index in [1.165, 1.54) is 77.2 Å². The van der Waals surface area contributed by atoms with Gasteiger partial charge < -0.3 is 0 Å². The molecule has 7 aromatic rings. The van der Waals surface area contributed by atoms with E-state index in [9.17, 15) is 0 Å². The van der Waals surface area contributed by atoms with Crippen LogP contribution >= 0.6 is 0 Å². The van der Waals surface area contributed by atoms with Crippen molar-refractivity contribution >= 4 is 21.5 Å². The van der Waals surface area contributed by atoms with Crippen molar-refractivity contribution in [2.24, 2.45) is 0 Å². The molecule has 0 aromatic heterocycles. The van der Waals surface area contributed by atoms with Gasteiger partial charge in [0.25, 0.3) is 0 Å². The highest BCUT2D eigenvalue weighted by molar-refractivity contribution is 6.24. The van der Waals surface area contributed by atoms with Gasteiger partial charge in [0.05, 0.1) is 0 Å². The Bertz CT molecular complexity index is 2100. The van der Waals surface area contributed by atoms with Crippen molar-refractivity contribution in [1.82, 2.24) is 0 Å². The SMILES string of the molecule is CC1(C)c2ccccc2-c2ccc(-c3c4ccccc4c(-c4ccccc4)c4c(-c5ccccc5)cccc34)cc21. The number of fused-ring (bicyclic) bond motifs is 5. The standard InChI is InChI=1S/C41H30/c1-41(2)36-23-12-11-18-31(36)32-25-24-29(26-37(32)41)38-33-19-9-10-20-34(33)39(28-16-7-4-8-17-28)40-30(21-13-22-35(38)40)27-14-5-3-6-15-27/h3-26H,1-2H3. The van der Waals surface area contributed by atoms with E-state index < -0.39 is 0 Å². The van der Waals surface area contributed by atoms with Crippen LogP contribution in [0.5, 0.6) is 0 Å². The van der Waals surface area contributed by atoms with Gasteiger partial charge in [0, 0.05) is 5.41 Å². The molecule has 0 unspecified atom stereocenters. The van der Waals surface area contributed by atoms with Gasteiger partial charge >= 0.3 is 0 Å². The van der Waals surface area contributed by atoms with Crippen LogP contribution in [0.3, 0.4) is 0 Å². The summed E-state index contributed by atoms with van der Waals surface area (Å²) in [4.78, 5) is 0. The van der Waals surface area contributed by atoms with Crippen LogP contribution in [-0.2, 0) is 5.41 Å². The van der Waals surface area contributed by atoms with E-state index >= 15 is 0 Å². The van der Waals surface area contributed by atoms with Gasteiger partial charge in [0.1, 0.15) is 0 Å².